The highest BCUT2D eigenvalue weighted by Crippen LogP contribution is 2.42. The maximum absolute atomic E-state index is 12.0. The van der Waals surface area contributed by atoms with Crippen molar-refractivity contribution in [2.75, 3.05) is 31.1 Å². The predicted octanol–water partition coefficient (Wildman–Crippen LogP) is 2.44. The van der Waals surface area contributed by atoms with E-state index in [0.717, 1.165) is 31.9 Å². The van der Waals surface area contributed by atoms with Crippen LogP contribution in [-0.2, 0) is 4.74 Å². The zero-order valence-electron chi connectivity index (χ0n) is 13.7. The lowest BCUT2D eigenvalue weighted by molar-refractivity contribution is -0.0453. The fraction of sp³-hybridized carbons (Fsp3) is 0.529. The maximum Gasteiger partial charge on any atom is 0.410 e. The summed E-state index contributed by atoms with van der Waals surface area (Å²) < 4.78 is 5.37. The maximum atomic E-state index is 12.0. The Balaban J connectivity index is 1.50. The standard InChI is InChI=1S/C17H22N2O4/c1-16(2,3)23-15(22)19-10-17(11-19)8-18(9-17)13-6-4-12(5-7-13)14(20)21/h4-7H,8-11H2,1-3H3,(H,20,21). The first-order valence-electron chi connectivity index (χ1n) is 7.74. The smallest absolute Gasteiger partial charge is 0.410 e. The number of benzene rings is 1. The Kier molecular flexibility index (Phi) is 3.50. The minimum absolute atomic E-state index is 0.169. The molecule has 3 rings (SSSR count). The Bertz CT molecular complexity index is 619. The first kappa shape index (κ1) is 15.6. The second-order valence-electron chi connectivity index (χ2n) is 7.54. The lowest BCUT2D eigenvalue weighted by Gasteiger charge is -2.60. The molecule has 6 nitrogen and oxygen atoms in total. The van der Waals surface area contributed by atoms with Crippen LogP contribution in [0.4, 0.5) is 10.5 Å². The summed E-state index contributed by atoms with van der Waals surface area (Å²) in [5, 5.41) is 8.91. The summed E-state index contributed by atoms with van der Waals surface area (Å²) in [4.78, 5) is 26.8. The second-order valence-corrected chi connectivity index (χ2v) is 7.54. The van der Waals surface area contributed by atoms with Gasteiger partial charge in [0.05, 0.1) is 5.56 Å². The molecule has 0 atom stereocenters. The van der Waals surface area contributed by atoms with Gasteiger partial charge in [-0.3, -0.25) is 0 Å². The lowest BCUT2D eigenvalue weighted by Crippen LogP contribution is -2.73. The molecule has 0 bridgehead atoms. The molecule has 23 heavy (non-hydrogen) atoms. The third-order valence-electron chi connectivity index (χ3n) is 4.24. The number of amides is 1. The summed E-state index contributed by atoms with van der Waals surface area (Å²) in [6.07, 6.45) is -0.243. The quantitative estimate of drug-likeness (QED) is 0.907. The molecule has 2 heterocycles. The first-order chi connectivity index (χ1) is 10.7. The van der Waals surface area contributed by atoms with Crippen LogP contribution in [0.1, 0.15) is 31.1 Å². The van der Waals surface area contributed by atoms with E-state index in [1.807, 2.05) is 32.9 Å². The van der Waals surface area contributed by atoms with E-state index in [4.69, 9.17) is 9.84 Å². The van der Waals surface area contributed by atoms with Crippen LogP contribution in [0.25, 0.3) is 0 Å². The number of rotatable bonds is 2. The first-order valence-corrected chi connectivity index (χ1v) is 7.74. The number of hydrogen-bond donors (Lipinski definition) is 1. The molecule has 1 aromatic carbocycles. The fourth-order valence-electron chi connectivity index (χ4n) is 3.18. The molecular formula is C17H22N2O4. The molecule has 0 aliphatic carbocycles. The van der Waals surface area contributed by atoms with E-state index in [2.05, 4.69) is 4.90 Å². The minimum Gasteiger partial charge on any atom is -0.478 e. The second kappa shape index (κ2) is 5.15. The van der Waals surface area contributed by atoms with Crippen molar-refractivity contribution in [3.05, 3.63) is 29.8 Å². The minimum atomic E-state index is -0.913. The van der Waals surface area contributed by atoms with Crippen LogP contribution < -0.4 is 4.90 Å². The van der Waals surface area contributed by atoms with Crippen molar-refractivity contribution in [3.8, 4) is 0 Å². The third-order valence-corrected chi connectivity index (χ3v) is 4.24. The van der Waals surface area contributed by atoms with Gasteiger partial charge in [-0.05, 0) is 45.0 Å². The number of carboxylic acids is 1. The summed E-state index contributed by atoms with van der Waals surface area (Å²) in [7, 11) is 0. The van der Waals surface area contributed by atoms with Gasteiger partial charge in [0.25, 0.3) is 0 Å². The molecule has 6 heteroatoms. The van der Waals surface area contributed by atoms with Gasteiger partial charge >= 0.3 is 12.1 Å². The Morgan fingerprint density at radius 3 is 2.13 bits per heavy atom. The number of carbonyl (C=O) groups is 2. The number of anilines is 1. The zero-order chi connectivity index (χ0) is 16.8. The average molecular weight is 318 g/mol. The summed E-state index contributed by atoms with van der Waals surface area (Å²) in [5.41, 5.74) is 1.03. The van der Waals surface area contributed by atoms with Crippen LogP contribution in [0.3, 0.4) is 0 Å². The molecule has 0 unspecified atom stereocenters. The van der Waals surface area contributed by atoms with E-state index in [1.165, 1.54) is 0 Å². The Labute approximate surface area is 135 Å². The highest BCUT2D eigenvalue weighted by molar-refractivity contribution is 5.88. The molecule has 1 spiro atoms. The fourth-order valence-corrected chi connectivity index (χ4v) is 3.18. The summed E-state index contributed by atoms with van der Waals surface area (Å²) in [6, 6.07) is 6.91. The van der Waals surface area contributed by atoms with Crippen molar-refractivity contribution in [3.63, 3.8) is 0 Å². The van der Waals surface area contributed by atoms with Crippen LogP contribution >= 0.6 is 0 Å². The van der Waals surface area contributed by atoms with E-state index in [-0.39, 0.29) is 11.5 Å². The van der Waals surface area contributed by atoms with Gasteiger partial charge in [-0.25, -0.2) is 9.59 Å². The number of carbonyl (C=O) groups excluding carboxylic acids is 1. The van der Waals surface area contributed by atoms with Gasteiger partial charge in [-0.1, -0.05) is 0 Å². The van der Waals surface area contributed by atoms with Gasteiger partial charge in [-0.15, -0.1) is 0 Å². The molecular weight excluding hydrogens is 296 g/mol. The van der Waals surface area contributed by atoms with Gasteiger partial charge in [0.15, 0.2) is 0 Å². The van der Waals surface area contributed by atoms with Gasteiger partial charge in [0.1, 0.15) is 5.60 Å². The van der Waals surface area contributed by atoms with Crippen molar-refractivity contribution in [2.24, 2.45) is 5.41 Å². The highest BCUT2D eigenvalue weighted by Gasteiger charge is 2.54. The molecule has 0 aromatic heterocycles. The highest BCUT2D eigenvalue weighted by atomic mass is 16.6. The number of hydrogen-bond acceptors (Lipinski definition) is 4. The number of ether oxygens (including phenoxy) is 1. The molecule has 1 amide bonds. The molecule has 2 aliphatic rings. The van der Waals surface area contributed by atoms with Crippen molar-refractivity contribution in [1.82, 2.24) is 4.90 Å². The molecule has 2 aliphatic heterocycles. The van der Waals surface area contributed by atoms with Crippen LogP contribution in [0.15, 0.2) is 24.3 Å². The number of likely N-dealkylation sites (tertiary alicyclic amines) is 1. The van der Waals surface area contributed by atoms with Crippen molar-refractivity contribution in [2.45, 2.75) is 26.4 Å². The molecule has 0 radical (unpaired) electrons. The number of aromatic carboxylic acids is 1. The van der Waals surface area contributed by atoms with E-state index in [1.54, 1.807) is 17.0 Å². The average Bonchev–Trinajstić information content (AvgIpc) is 2.33. The normalized spacial score (nSPS) is 19.1. The van der Waals surface area contributed by atoms with Crippen LogP contribution in [0, 0.1) is 5.41 Å². The van der Waals surface area contributed by atoms with Crippen molar-refractivity contribution >= 4 is 17.7 Å². The topological polar surface area (TPSA) is 70.1 Å². The Hall–Kier alpha value is -2.24. The predicted molar refractivity (Wildman–Crippen MR) is 85.9 cm³/mol. The molecule has 2 fully saturated rings. The third kappa shape index (κ3) is 3.11. The summed E-state index contributed by atoms with van der Waals surface area (Å²) in [6.45, 7) is 8.83. The van der Waals surface area contributed by atoms with Crippen LogP contribution in [-0.4, -0.2) is 53.8 Å². The summed E-state index contributed by atoms with van der Waals surface area (Å²) in [5.74, 6) is -0.913. The van der Waals surface area contributed by atoms with E-state index in [9.17, 15) is 9.59 Å². The number of nitrogens with zero attached hydrogens (tertiary/aromatic N) is 2. The number of carboxylic acid groups (broad SMARTS) is 1. The van der Waals surface area contributed by atoms with Gasteiger partial charge in [0.2, 0.25) is 0 Å². The van der Waals surface area contributed by atoms with E-state index in [0.29, 0.717) is 5.56 Å². The Morgan fingerprint density at radius 2 is 1.65 bits per heavy atom. The molecule has 1 N–H and O–H groups in total. The van der Waals surface area contributed by atoms with Crippen molar-refractivity contribution < 1.29 is 19.4 Å². The van der Waals surface area contributed by atoms with Gasteiger partial charge in [-0.2, -0.15) is 0 Å². The SMILES string of the molecule is CC(C)(C)OC(=O)N1CC2(C1)CN(c1ccc(C(=O)O)cc1)C2. The largest absolute Gasteiger partial charge is 0.478 e. The van der Waals surface area contributed by atoms with Gasteiger partial charge in [0, 0.05) is 37.3 Å². The molecule has 124 valence electrons. The summed E-state index contributed by atoms with van der Waals surface area (Å²) >= 11 is 0. The Morgan fingerprint density at radius 1 is 1.09 bits per heavy atom. The lowest BCUT2D eigenvalue weighted by atomic mass is 9.73. The van der Waals surface area contributed by atoms with Crippen LogP contribution in [0.2, 0.25) is 0 Å². The van der Waals surface area contributed by atoms with Crippen molar-refractivity contribution in [1.29, 1.82) is 0 Å². The molecule has 1 aromatic rings. The zero-order valence-corrected chi connectivity index (χ0v) is 13.7. The van der Waals surface area contributed by atoms with E-state index < -0.39 is 11.6 Å². The monoisotopic (exact) mass is 318 g/mol. The van der Waals surface area contributed by atoms with Gasteiger partial charge < -0.3 is 19.6 Å². The van der Waals surface area contributed by atoms with E-state index >= 15 is 0 Å². The molecule has 2 saturated heterocycles. The molecule has 0 saturated carbocycles. The van der Waals surface area contributed by atoms with Crippen LogP contribution in [0.5, 0.6) is 0 Å².